The van der Waals surface area contributed by atoms with Crippen molar-refractivity contribution >= 4 is 40.8 Å². The van der Waals surface area contributed by atoms with Crippen LogP contribution in [0.3, 0.4) is 0 Å². The Bertz CT molecular complexity index is 594. The third kappa shape index (κ3) is 2.05. The number of amides is 2. The average Bonchev–Trinajstić information content (AvgIpc) is 3.13. The number of hydrogen-bond donors (Lipinski definition) is 0. The van der Waals surface area contributed by atoms with E-state index in [1.165, 1.54) is 18.2 Å². The topological polar surface area (TPSA) is 54.5 Å². The van der Waals surface area contributed by atoms with Gasteiger partial charge in [-0.25, -0.2) is 0 Å². The number of halogens is 2. The van der Waals surface area contributed by atoms with Crippen molar-refractivity contribution in [3.05, 3.63) is 33.8 Å². The van der Waals surface area contributed by atoms with Crippen molar-refractivity contribution in [2.45, 2.75) is 6.42 Å². The molecule has 4 nitrogen and oxygen atoms in total. The van der Waals surface area contributed by atoms with Crippen molar-refractivity contribution in [3.8, 4) is 0 Å². The molecule has 2 atom stereocenters. The van der Waals surface area contributed by atoms with Crippen LogP contribution in [0.4, 0.5) is 0 Å². The number of carbonyl (C=O) groups is 3. The molecule has 2 amide bonds. The molecule has 1 aromatic rings. The van der Waals surface area contributed by atoms with Gasteiger partial charge in [-0.15, -0.1) is 0 Å². The van der Waals surface area contributed by atoms with Crippen molar-refractivity contribution in [2.75, 3.05) is 6.54 Å². The molecule has 2 aliphatic rings. The van der Waals surface area contributed by atoms with Crippen molar-refractivity contribution in [2.24, 2.45) is 11.8 Å². The largest absolute Gasteiger partial charge is 0.292 e. The molecule has 0 spiro atoms. The lowest BCUT2D eigenvalue weighted by molar-refractivity contribution is -0.140. The van der Waals surface area contributed by atoms with E-state index in [1.807, 2.05) is 0 Å². The summed E-state index contributed by atoms with van der Waals surface area (Å²) >= 11 is 11.6. The zero-order valence-corrected chi connectivity index (χ0v) is 11.2. The predicted octanol–water partition coefficient (Wildman–Crippen LogP) is 2.18. The second kappa shape index (κ2) is 4.32. The first-order chi connectivity index (χ1) is 8.99. The Labute approximate surface area is 119 Å². The number of carbonyl (C=O) groups excluding carboxylic acids is 3. The normalized spacial score (nSPS) is 24.6. The lowest BCUT2D eigenvalue weighted by Crippen LogP contribution is -2.37. The SMILES string of the molecule is O=C(CN1C(=O)C2CC2C1=O)c1ccc(Cl)c(Cl)c1. The van der Waals surface area contributed by atoms with E-state index in [4.69, 9.17) is 23.2 Å². The molecule has 2 fully saturated rings. The summed E-state index contributed by atoms with van der Waals surface area (Å²) in [4.78, 5) is 36.6. The van der Waals surface area contributed by atoms with Crippen LogP contribution in [0.2, 0.25) is 10.0 Å². The van der Waals surface area contributed by atoms with Gasteiger partial charge in [0.15, 0.2) is 5.78 Å². The maximum absolute atomic E-state index is 12.0. The van der Waals surface area contributed by atoms with Gasteiger partial charge >= 0.3 is 0 Å². The number of Topliss-reactive ketones (excluding diaryl/α,β-unsaturated/α-hetero) is 1. The summed E-state index contributed by atoms with van der Waals surface area (Å²) in [5.41, 5.74) is 0.343. The fraction of sp³-hybridized carbons (Fsp3) is 0.308. The second-order valence-electron chi connectivity index (χ2n) is 4.76. The Morgan fingerprint density at radius 1 is 1.16 bits per heavy atom. The van der Waals surface area contributed by atoms with Gasteiger partial charge in [-0.1, -0.05) is 23.2 Å². The molecule has 0 N–H and O–H groups in total. The number of imide groups is 1. The molecular weight excluding hydrogens is 289 g/mol. The molecule has 0 aromatic heterocycles. The summed E-state index contributed by atoms with van der Waals surface area (Å²) in [6.45, 7) is -0.220. The Kier molecular flexibility index (Phi) is 2.87. The predicted molar refractivity (Wildman–Crippen MR) is 69.1 cm³/mol. The molecule has 0 radical (unpaired) electrons. The zero-order valence-electron chi connectivity index (χ0n) is 9.73. The molecular formula is C13H9Cl2NO3. The molecule has 1 aliphatic carbocycles. The monoisotopic (exact) mass is 297 g/mol. The lowest BCUT2D eigenvalue weighted by Gasteiger charge is -2.15. The highest BCUT2D eigenvalue weighted by Gasteiger charge is 2.58. The van der Waals surface area contributed by atoms with Gasteiger partial charge in [0.1, 0.15) is 0 Å². The maximum Gasteiger partial charge on any atom is 0.233 e. The first kappa shape index (κ1) is 12.6. The molecule has 3 rings (SSSR count). The molecule has 1 saturated heterocycles. The summed E-state index contributed by atoms with van der Waals surface area (Å²) in [6.07, 6.45) is 0.634. The van der Waals surface area contributed by atoms with Crippen molar-refractivity contribution < 1.29 is 14.4 Å². The van der Waals surface area contributed by atoms with E-state index in [0.29, 0.717) is 17.0 Å². The van der Waals surface area contributed by atoms with E-state index in [-0.39, 0.29) is 41.0 Å². The summed E-state index contributed by atoms with van der Waals surface area (Å²) < 4.78 is 0. The first-order valence-corrected chi connectivity index (χ1v) is 6.58. The quantitative estimate of drug-likeness (QED) is 0.635. The van der Waals surface area contributed by atoms with Crippen LogP contribution in [0.5, 0.6) is 0 Å². The lowest BCUT2D eigenvalue weighted by atomic mass is 10.1. The fourth-order valence-corrected chi connectivity index (χ4v) is 2.61. The van der Waals surface area contributed by atoms with Crippen LogP contribution in [-0.2, 0) is 9.59 Å². The Morgan fingerprint density at radius 3 is 2.37 bits per heavy atom. The van der Waals surface area contributed by atoms with Crippen LogP contribution < -0.4 is 0 Å². The maximum atomic E-state index is 12.0. The standard InChI is InChI=1S/C13H9Cl2NO3/c14-9-2-1-6(3-10(9)15)11(17)5-16-12(18)7-4-8(7)13(16)19/h1-3,7-8H,4-5H2. The number of piperidine rings is 1. The van der Waals surface area contributed by atoms with E-state index < -0.39 is 0 Å². The zero-order chi connectivity index (χ0) is 13.7. The van der Waals surface area contributed by atoms with Gasteiger partial charge in [-0.05, 0) is 24.6 Å². The molecule has 1 heterocycles. The minimum absolute atomic E-state index is 0.186. The second-order valence-corrected chi connectivity index (χ2v) is 5.58. The van der Waals surface area contributed by atoms with Gasteiger partial charge in [0, 0.05) is 5.56 Å². The Morgan fingerprint density at radius 2 is 1.79 bits per heavy atom. The number of rotatable bonds is 3. The molecule has 1 aliphatic heterocycles. The highest BCUT2D eigenvalue weighted by Crippen LogP contribution is 2.46. The van der Waals surface area contributed by atoms with E-state index in [0.717, 1.165) is 4.90 Å². The van der Waals surface area contributed by atoms with Crippen LogP contribution in [0.15, 0.2) is 18.2 Å². The van der Waals surface area contributed by atoms with Gasteiger partial charge in [0.05, 0.1) is 28.4 Å². The number of hydrogen-bond acceptors (Lipinski definition) is 3. The molecule has 6 heteroatoms. The van der Waals surface area contributed by atoms with Gasteiger partial charge in [-0.2, -0.15) is 0 Å². The minimum atomic E-state index is -0.318. The van der Waals surface area contributed by atoms with Crippen LogP contribution in [0.25, 0.3) is 0 Å². The minimum Gasteiger partial charge on any atom is -0.292 e. The highest BCUT2D eigenvalue weighted by atomic mass is 35.5. The van der Waals surface area contributed by atoms with E-state index in [2.05, 4.69) is 0 Å². The summed E-state index contributed by atoms with van der Waals surface area (Å²) in [5.74, 6) is -1.16. The first-order valence-electron chi connectivity index (χ1n) is 5.82. The van der Waals surface area contributed by atoms with E-state index >= 15 is 0 Å². The van der Waals surface area contributed by atoms with E-state index in [1.54, 1.807) is 0 Å². The van der Waals surface area contributed by atoms with Crippen LogP contribution >= 0.6 is 23.2 Å². The van der Waals surface area contributed by atoms with Crippen molar-refractivity contribution in [1.29, 1.82) is 0 Å². The Balaban J connectivity index is 1.76. The third-order valence-electron chi connectivity index (χ3n) is 3.50. The number of nitrogens with zero attached hydrogens (tertiary/aromatic N) is 1. The fourth-order valence-electron chi connectivity index (χ4n) is 2.31. The smallest absolute Gasteiger partial charge is 0.233 e. The number of ketones is 1. The summed E-state index contributed by atoms with van der Waals surface area (Å²) in [5, 5.41) is 0.627. The van der Waals surface area contributed by atoms with Crippen LogP contribution in [-0.4, -0.2) is 29.0 Å². The van der Waals surface area contributed by atoms with Gasteiger partial charge in [0.2, 0.25) is 11.8 Å². The number of fused-ring (bicyclic) bond motifs is 1. The van der Waals surface area contributed by atoms with Crippen LogP contribution in [0.1, 0.15) is 16.8 Å². The molecule has 19 heavy (non-hydrogen) atoms. The van der Waals surface area contributed by atoms with Crippen molar-refractivity contribution in [3.63, 3.8) is 0 Å². The number of benzene rings is 1. The highest BCUT2D eigenvalue weighted by molar-refractivity contribution is 6.42. The Hall–Kier alpha value is -1.39. The van der Waals surface area contributed by atoms with Gasteiger partial charge < -0.3 is 0 Å². The van der Waals surface area contributed by atoms with Crippen LogP contribution in [0, 0.1) is 11.8 Å². The molecule has 0 bridgehead atoms. The summed E-state index contributed by atoms with van der Waals surface area (Å²) in [6, 6.07) is 4.49. The van der Waals surface area contributed by atoms with Gasteiger partial charge in [0.25, 0.3) is 0 Å². The van der Waals surface area contributed by atoms with E-state index in [9.17, 15) is 14.4 Å². The summed E-state index contributed by atoms with van der Waals surface area (Å²) in [7, 11) is 0. The average molecular weight is 298 g/mol. The molecule has 1 aromatic carbocycles. The third-order valence-corrected chi connectivity index (χ3v) is 4.24. The van der Waals surface area contributed by atoms with Crippen molar-refractivity contribution in [1.82, 2.24) is 4.90 Å². The molecule has 1 saturated carbocycles. The molecule has 2 unspecified atom stereocenters. The molecule has 98 valence electrons. The number of likely N-dealkylation sites (tertiary alicyclic amines) is 1. The van der Waals surface area contributed by atoms with Gasteiger partial charge in [-0.3, -0.25) is 19.3 Å².